The van der Waals surface area contributed by atoms with Gasteiger partial charge in [-0.15, -0.1) is 0 Å². The minimum Gasteiger partial charge on any atom is -0.389 e. The molecule has 4 atom stereocenters. The molecule has 0 aromatic carbocycles. The molecule has 1 nitrogen and oxygen atoms in total. The highest BCUT2D eigenvalue weighted by Gasteiger charge is 2.59. The van der Waals surface area contributed by atoms with Crippen molar-refractivity contribution >= 4 is 0 Å². The van der Waals surface area contributed by atoms with Gasteiger partial charge in [0.25, 0.3) is 0 Å². The van der Waals surface area contributed by atoms with E-state index in [4.69, 9.17) is 0 Å². The Balaban J connectivity index is 2.16. The number of hydrogen-bond donors (Lipinski definition) is 1. The van der Waals surface area contributed by atoms with Crippen LogP contribution in [0.15, 0.2) is 11.1 Å². The van der Waals surface area contributed by atoms with Gasteiger partial charge in [0.15, 0.2) is 0 Å². The number of allylic oxidation sites excluding steroid dienone is 1. The van der Waals surface area contributed by atoms with Crippen molar-refractivity contribution in [3.63, 3.8) is 0 Å². The molecule has 3 aliphatic rings. The van der Waals surface area contributed by atoms with Crippen LogP contribution in [0.25, 0.3) is 0 Å². The molecule has 0 radical (unpaired) electrons. The maximum Gasteiger partial charge on any atom is 0.0764 e. The minimum atomic E-state index is -0.145. The Morgan fingerprint density at radius 2 is 1.94 bits per heavy atom. The normalized spacial score (nSPS) is 49.7. The molecule has 0 amide bonds. The largest absolute Gasteiger partial charge is 0.389 e. The minimum absolute atomic E-state index is 0.145. The first-order chi connectivity index (χ1) is 7.38. The average Bonchev–Trinajstić information content (AvgIpc) is 2.52. The Morgan fingerprint density at radius 3 is 2.62 bits per heavy atom. The summed E-state index contributed by atoms with van der Waals surface area (Å²) in [4.78, 5) is 0. The molecule has 0 spiro atoms. The summed E-state index contributed by atoms with van der Waals surface area (Å²) in [7, 11) is 0. The zero-order valence-corrected chi connectivity index (χ0v) is 11.0. The molecule has 4 unspecified atom stereocenters. The predicted octanol–water partition coefficient (Wildman–Crippen LogP) is 3.53. The SMILES string of the molecule is CC1CC(O)C2=C1CC1CCC2(C)C1(C)C. The molecule has 0 aromatic rings. The predicted molar refractivity (Wildman–Crippen MR) is 66.0 cm³/mol. The first-order valence-corrected chi connectivity index (χ1v) is 6.79. The van der Waals surface area contributed by atoms with Crippen LogP contribution >= 0.6 is 0 Å². The molecule has 0 saturated heterocycles. The number of aliphatic hydroxyl groups is 1. The summed E-state index contributed by atoms with van der Waals surface area (Å²) in [5, 5.41) is 10.4. The average molecular weight is 220 g/mol. The van der Waals surface area contributed by atoms with Crippen LogP contribution < -0.4 is 0 Å². The fourth-order valence-electron chi connectivity index (χ4n) is 4.81. The van der Waals surface area contributed by atoms with Crippen molar-refractivity contribution in [2.75, 3.05) is 0 Å². The van der Waals surface area contributed by atoms with E-state index in [-0.39, 0.29) is 11.5 Å². The van der Waals surface area contributed by atoms with Crippen LogP contribution in [0, 0.1) is 22.7 Å². The maximum absolute atomic E-state index is 10.4. The highest BCUT2D eigenvalue weighted by molar-refractivity contribution is 5.39. The molecule has 3 aliphatic carbocycles. The Bertz CT molecular complexity index is 366. The van der Waals surface area contributed by atoms with Gasteiger partial charge in [-0.1, -0.05) is 33.3 Å². The van der Waals surface area contributed by atoms with Crippen LogP contribution in [0.4, 0.5) is 0 Å². The summed E-state index contributed by atoms with van der Waals surface area (Å²) < 4.78 is 0. The van der Waals surface area contributed by atoms with Crippen molar-refractivity contribution in [3.8, 4) is 0 Å². The first-order valence-electron chi connectivity index (χ1n) is 6.79. The molecule has 1 fully saturated rings. The van der Waals surface area contributed by atoms with Crippen LogP contribution in [-0.2, 0) is 0 Å². The second-order valence-corrected chi connectivity index (χ2v) is 7.08. The van der Waals surface area contributed by atoms with Crippen molar-refractivity contribution in [2.24, 2.45) is 22.7 Å². The van der Waals surface area contributed by atoms with E-state index in [9.17, 15) is 5.11 Å². The third kappa shape index (κ3) is 1.01. The van der Waals surface area contributed by atoms with Gasteiger partial charge in [-0.3, -0.25) is 0 Å². The molecule has 2 bridgehead atoms. The number of rotatable bonds is 0. The molecule has 1 N–H and O–H groups in total. The first kappa shape index (κ1) is 10.8. The van der Waals surface area contributed by atoms with Crippen molar-refractivity contribution in [1.29, 1.82) is 0 Å². The standard InChI is InChI=1S/C15H24O/c1-9-7-12(16)13-11(9)8-10-5-6-15(13,4)14(10,2)3/h9-10,12,16H,5-8H2,1-4H3. The smallest absolute Gasteiger partial charge is 0.0764 e. The van der Waals surface area contributed by atoms with Gasteiger partial charge in [-0.05, 0) is 53.9 Å². The van der Waals surface area contributed by atoms with Gasteiger partial charge in [-0.25, -0.2) is 0 Å². The topological polar surface area (TPSA) is 20.2 Å². The zero-order valence-electron chi connectivity index (χ0n) is 11.0. The summed E-state index contributed by atoms with van der Waals surface area (Å²) in [6.07, 6.45) is 4.73. The lowest BCUT2D eigenvalue weighted by Gasteiger charge is -2.48. The number of fused-ring (bicyclic) bond motifs is 3. The lowest BCUT2D eigenvalue weighted by atomic mass is 9.57. The van der Waals surface area contributed by atoms with E-state index in [1.807, 2.05) is 0 Å². The monoisotopic (exact) mass is 220 g/mol. The Hall–Kier alpha value is -0.300. The van der Waals surface area contributed by atoms with Crippen LogP contribution in [0.2, 0.25) is 0 Å². The van der Waals surface area contributed by atoms with Crippen molar-refractivity contribution in [1.82, 2.24) is 0 Å². The van der Waals surface area contributed by atoms with Gasteiger partial charge < -0.3 is 5.11 Å². The third-order valence-electron chi connectivity index (χ3n) is 6.35. The lowest BCUT2D eigenvalue weighted by Crippen LogP contribution is -2.41. The van der Waals surface area contributed by atoms with Gasteiger partial charge in [0, 0.05) is 0 Å². The van der Waals surface area contributed by atoms with Crippen LogP contribution in [-0.4, -0.2) is 11.2 Å². The summed E-state index contributed by atoms with van der Waals surface area (Å²) in [5.41, 5.74) is 3.72. The van der Waals surface area contributed by atoms with Crippen LogP contribution in [0.3, 0.4) is 0 Å². The van der Waals surface area contributed by atoms with Gasteiger partial charge >= 0.3 is 0 Å². The molecule has 90 valence electrons. The van der Waals surface area contributed by atoms with E-state index in [2.05, 4.69) is 27.7 Å². The number of hydrogen-bond acceptors (Lipinski definition) is 1. The Kier molecular flexibility index (Phi) is 1.98. The molecule has 1 saturated carbocycles. The highest BCUT2D eigenvalue weighted by atomic mass is 16.3. The molecule has 16 heavy (non-hydrogen) atoms. The molecule has 3 rings (SSSR count). The molecule has 1 heteroatoms. The number of aliphatic hydroxyl groups excluding tert-OH is 1. The second kappa shape index (κ2) is 2.93. The van der Waals surface area contributed by atoms with E-state index in [1.165, 1.54) is 24.8 Å². The van der Waals surface area contributed by atoms with E-state index in [0.29, 0.717) is 11.3 Å². The van der Waals surface area contributed by atoms with E-state index >= 15 is 0 Å². The van der Waals surface area contributed by atoms with Gasteiger partial charge in [0.05, 0.1) is 6.10 Å². The second-order valence-electron chi connectivity index (χ2n) is 7.08. The fraction of sp³-hybridized carbons (Fsp3) is 0.867. The van der Waals surface area contributed by atoms with Gasteiger partial charge in [0.1, 0.15) is 0 Å². The Morgan fingerprint density at radius 1 is 1.25 bits per heavy atom. The summed E-state index contributed by atoms with van der Waals surface area (Å²) in [6.45, 7) is 9.55. The fourth-order valence-corrected chi connectivity index (χ4v) is 4.81. The summed E-state index contributed by atoms with van der Waals surface area (Å²) in [6, 6.07) is 0. The van der Waals surface area contributed by atoms with E-state index < -0.39 is 0 Å². The van der Waals surface area contributed by atoms with E-state index in [0.717, 1.165) is 12.3 Å². The zero-order chi connectivity index (χ0) is 11.7. The van der Waals surface area contributed by atoms with E-state index in [1.54, 1.807) is 5.57 Å². The van der Waals surface area contributed by atoms with Crippen molar-refractivity contribution in [2.45, 2.75) is 59.5 Å². The van der Waals surface area contributed by atoms with Crippen molar-refractivity contribution in [3.05, 3.63) is 11.1 Å². The maximum atomic E-state index is 10.4. The lowest BCUT2D eigenvalue weighted by molar-refractivity contribution is 0.0785. The molecule has 0 aliphatic heterocycles. The molecular weight excluding hydrogens is 196 g/mol. The van der Waals surface area contributed by atoms with Gasteiger partial charge in [-0.2, -0.15) is 0 Å². The third-order valence-corrected chi connectivity index (χ3v) is 6.35. The quantitative estimate of drug-likeness (QED) is 0.619. The Labute approximate surface area is 98.9 Å². The highest BCUT2D eigenvalue weighted by Crippen LogP contribution is 2.67. The molecule has 0 aromatic heterocycles. The molecular formula is C15H24O. The van der Waals surface area contributed by atoms with Crippen molar-refractivity contribution < 1.29 is 5.11 Å². The molecule has 0 heterocycles. The summed E-state index contributed by atoms with van der Waals surface area (Å²) >= 11 is 0. The van der Waals surface area contributed by atoms with Crippen LogP contribution in [0.5, 0.6) is 0 Å². The van der Waals surface area contributed by atoms with Crippen LogP contribution in [0.1, 0.15) is 53.4 Å². The summed E-state index contributed by atoms with van der Waals surface area (Å²) in [5.74, 6) is 1.48. The van der Waals surface area contributed by atoms with Gasteiger partial charge in [0.2, 0.25) is 0 Å².